The molecule has 0 saturated heterocycles. The lowest BCUT2D eigenvalue weighted by Gasteiger charge is -2.36. The normalized spacial score (nSPS) is 12.1. The summed E-state index contributed by atoms with van der Waals surface area (Å²) < 4.78 is 16.7. The van der Waals surface area contributed by atoms with E-state index < -0.39 is 8.32 Å². The Labute approximate surface area is 134 Å². The highest BCUT2D eigenvalue weighted by Crippen LogP contribution is 2.37. The number of ether oxygens (including phenoxy) is 2. The molecule has 0 radical (unpaired) electrons. The van der Waals surface area contributed by atoms with Gasteiger partial charge in [-0.15, -0.1) is 0 Å². The summed E-state index contributed by atoms with van der Waals surface area (Å²) in [5, 5.41) is 0.179. The summed E-state index contributed by atoms with van der Waals surface area (Å²) >= 11 is 0. The summed E-state index contributed by atoms with van der Waals surface area (Å²) in [6, 6.07) is 3.57. The van der Waals surface area contributed by atoms with E-state index >= 15 is 0 Å². The van der Waals surface area contributed by atoms with Crippen molar-refractivity contribution in [2.75, 3.05) is 20.8 Å². The summed E-state index contributed by atoms with van der Waals surface area (Å²) in [4.78, 5) is 11.3. The van der Waals surface area contributed by atoms with Crippen molar-refractivity contribution in [1.29, 1.82) is 0 Å². The van der Waals surface area contributed by atoms with Gasteiger partial charge in [0.05, 0.1) is 14.2 Å². The number of methoxy groups -OCH3 is 2. The molecule has 1 aromatic rings. The third-order valence-corrected chi connectivity index (χ3v) is 8.95. The highest BCUT2D eigenvalue weighted by Gasteiger charge is 2.36. The van der Waals surface area contributed by atoms with Gasteiger partial charge in [-0.1, -0.05) is 20.8 Å². The second-order valence-electron chi connectivity index (χ2n) is 6.88. The number of hydrogen-bond donors (Lipinski definition) is 0. The Bertz CT molecular complexity index is 518. The van der Waals surface area contributed by atoms with Crippen LogP contribution in [-0.4, -0.2) is 35.4 Å². The van der Waals surface area contributed by atoms with Gasteiger partial charge < -0.3 is 13.9 Å². The van der Waals surface area contributed by atoms with Gasteiger partial charge in [0.2, 0.25) is 0 Å². The fourth-order valence-electron chi connectivity index (χ4n) is 1.90. The van der Waals surface area contributed by atoms with E-state index in [4.69, 9.17) is 13.9 Å². The SMILES string of the molecule is COc1cc(C=O)c(CCO[Si](C)(C)C(C)(C)C)cc1OC. The molecule has 124 valence electrons. The van der Waals surface area contributed by atoms with Gasteiger partial charge in [-0.3, -0.25) is 4.79 Å². The van der Waals surface area contributed by atoms with Crippen molar-refractivity contribution < 1.29 is 18.7 Å². The lowest BCUT2D eigenvalue weighted by Crippen LogP contribution is -2.41. The van der Waals surface area contributed by atoms with Crippen molar-refractivity contribution in [3.05, 3.63) is 23.3 Å². The van der Waals surface area contributed by atoms with E-state index in [2.05, 4.69) is 33.9 Å². The predicted octanol–water partition coefficient (Wildman–Crippen LogP) is 4.08. The third kappa shape index (κ3) is 4.33. The molecule has 0 saturated carbocycles. The van der Waals surface area contributed by atoms with Crippen LogP contribution in [0.5, 0.6) is 11.5 Å². The monoisotopic (exact) mass is 324 g/mol. The molecule has 0 aliphatic rings. The van der Waals surface area contributed by atoms with Gasteiger partial charge in [0.25, 0.3) is 0 Å². The first-order valence-electron chi connectivity index (χ1n) is 7.50. The molecule has 0 spiro atoms. The topological polar surface area (TPSA) is 44.8 Å². The van der Waals surface area contributed by atoms with Crippen molar-refractivity contribution in [3.8, 4) is 11.5 Å². The molecular weight excluding hydrogens is 296 g/mol. The second kappa shape index (κ2) is 7.29. The van der Waals surface area contributed by atoms with E-state index in [0.717, 1.165) is 11.8 Å². The van der Waals surface area contributed by atoms with Gasteiger partial charge in [0.1, 0.15) is 6.29 Å². The lowest BCUT2D eigenvalue weighted by molar-refractivity contribution is 0.112. The molecule has 1 rings (SSSR count). The second-order valence-corrected chi connectivity index (χ2v) is 11.7. The van der Waals surface area contributed by atoms with Crippen LogP contribution < -0.4 is 9.47 Å². The minimum absolute atomic E-state index is 0.179. The third-order valence-electron chi connectivity index (χ3n) is 4.41. The van der Waals surface area contributed by atoms with Crippen LogP contribution in [0.15, 0.2) is 12.1 Å². The quantitative estimate of drug-likeness (QED) is 0.560. The van der Waals surface area contributed by atoms with Crippen molar-refractivity contribution in [1.82, 2.24) is 0 Å². The Morgan fingerprint density at radius 2 is 1.64 bits per heavy atom. The fourth-order valence-corrected chi connectivity index (χ4v) is 2.94. The zero-order chi connectivity index (χ0) is 17.0. The number of rotatable bonds is 7. The Balaban J connectivity index is 2.88. The molecule has 0 fully saturated rings. The van der Waals surface area contributed by atoms with Crippen molar-refractivity contribution >= 4 is 14.6 Å². The van der Waals surface area contributed by atoms with Gasteiger partial charge in [0.15, 0.2) is 19.8 Å². The number of carbonyl (C=O) groups is 1. The fraction of sp³-hybridized carbons (Fsp3) is 0.588. The van der Waals surface area contributed by atoms with E-state index in [1.54, 1.807) is 20.3 Å². The Morgan fingerprint density at radius 3 is 2.09 bits per heavy atom. The van der Waals surface area contributed by atoms with Crippen LogP contribution in [0.3, 0.4) is 0 Å². The highest BCUT2D eigenvalue weighted by molar-refractivity contribution is 6.74. The maximum Gasteiger partial charge on any atom is 0.191 e. The Hall–Kier alpha value is -1.33. The number of benzene rings is 1. The first-order chi connectivity index (χ1) is 10.2. The van der Waals surface area contributed by atoms with Crippen LogP contribution in [0.2, 0.25) is 18.1 Å². The maximum absolute atomic E-state index is 11.3. The Morgan fingerprint density at radius 1 is 1.09 bits per heavy atom. The summed E-state index contributed by atoms with van der Waals surface area (Å²) in [7, 11) is 1.38. The van der Waals surface area contributed by atoms with Crippen LogP contribution in [0.1, 0.15) is 36.7 Å². The molecule has 0 unspecified atom stereocenters. The summed E-state index contributed by atoms with van der Waals surface area (Å²) in [5.41, 5.74) is 1.54. The number of aldehydes is 1. The molecule has 22 heavy (non-hydrogen) atoms. The van der Waals surface area contributed by atoms with E-state index in [-0.39, 0.29) is 5.04 Å². The summed E-state index contributed by atoms with van der Waals surface area (Å²) in [6.45, 7) is 11.7. The zero-order valence-corrected chi connectivity index (χ0v) is 15.8. The summed E-state index contributed by atoms with van der Waals surface area (Å²) in [6.07, 6.45) is 1.53. The average Bonchev–Trinajstić information content (AvgIpc) is 2.45. The molecule has 0 aromatic heterocycles. The molecular formula is C17H28O4Si. The van der Waals surface area contributed by atoms with Crippen molar-refractivity contribution in [3.63, 3.8) is 0 Å². The largest absolute Gasteiger partial charge is 0.493 e. The molecule has 5 heteroatoms. The zero-order valence-electron chi connectivity index (χ0n) is 14.8. The summed E-state index contributed by atoms with van der Waals surface area (Å²) in [5.74, 6) is 1.20. The molecule has 0 aliphatic heterocycles. The van der Waals surface area contributed by atoms with Crippen molar-refractivity contribution in [2.45, 2.75) is 45.3 Å². The van der Waals surface area contributed by atoms with E-state index in [0.29, 0.717) is 30.1 Å². The standard InChI is InChI=1S/C17H28O4Si/c1-17(2,3)22(6,7)21-9-8-13-10-15(19-4)16(20-5)11-14(13)12-18/h10-12H,8-9H2,1-7H3. The van der Waals surface area contributed by atoms with Crippen LogP contribution in [-0.2, 0) is 10.8 Å². The van der Waals surface area contributed by atoms with Gasteiger partial charge in [0, 0.05) is 12.2 Å². The van der Waals surface area contributed by atoms with Gasteiger partial charge in [-0.25, -0.2) is 0 Å². The molecule has 0 aliphatic carbocycles. The van der Waals surface area contributed by atoms with E-state index in [1.165, 1.54) is 0 Å². The molecule has 0 amide bonds. The smallest absolute Gasteiger partial charge is 0.191 e. The highest BCUT2D eigenvalue weighted by atomic mass is 28.4. The Kier molecular flexibility index (Phi) is 6.20. The first-order valence-corrected chi connectivity index (χ1v) is 10.4. The average molecular weight is 324 g/mol. The van der Waals surface area contributed by atoms with Crippen molar-refractivity contribution in [2.24, 2.45) is 0 Å². The first kappa shape index (κ1) is 18.7. The van der Waals surface area contributed by atoms with E-state index in [9.17, 15) is 4.79 Å². The van der Waals surface area contributed by atoms with Crippen LogP contribution in [0, 0.1) is 0 Å². The lowest BCUT2D eigenvalue weighted by atomic mass is 10.0. The van der Waals surface area contributed by atoms with Gasteiger partial charge >= 0.3 is 0 Å². The van der Waals surface area contributed by atoms with Crippen LogP contribution in [0.4, 0.5) is 0 Å². The van der Waals surface area contributed by atoms with Crippen LogP contribution in [0.25, 0.3) is 0 Å². The number of hydrogen-bond acceptors (Lipinski definition) is 4. The molecule has 0 heterocycles. The van der Waals surface area contributed by atoms with Crippen LogP contribution >= 0.6 is 0 Å². The van der Waals surface area contributed by atoms with E-state index in [1.807, 2.05) is 6.07 Å². The molecule has 0 N–H and O–H groups in total. The minimum Gasteiger partial charge on any atom is -0.493 e. The van der Waals surface area contributed by atoms with Gasteiger partial charge in [-0.05, 0) is 42.2 Å². The molecule has 0 bridgehead atoms. The minimum atomic E-state index is -1.77. The number of carbonyl (C=O) groups excluding carboxylic acids is 1. The maximum atomic E-state index is 11.3. The molecule has 0 atom stereocenters. The molecule has 1 aromatic carbocycles. The van der Waals surface area contributed by atoms with Gasteiger partial charge in [-0.2, -0.15) is 0 Å². The molecule has 4 nitrogen and oxygen atoms in total. The predicted molar refractivity (Wildman–Crippen MR) is 91.8 cm³/mol.